The third-order valence-electron chi connectivity index (χ3n) is 1.38. The van der Waals surface area contributed by atoms with Crippen LogP contribution in [0.5, 0.6) is 5.19 Å². The highest BCUT2D eigenvalue weighted by Crippen LogP contribution is 2.18. The van der Waals surface area contributed by atoms with E-state index >= 15 is 0 Å². The fraction of sp³-hybridized carbons (Fsp3) is 0.625. The van der Waals surface area contributed by atoms with Crippen molar-refractivity contribution >= 4 is 17.3 Å². The highest BCUT2D eigenvalue weighted by Gasteiger charge is 2.14. The topological polar surface area (TPSA) is 81.5 Å². The Hall–Kier alpha value is -1.21. The first-order valence-electron chi connectivity index (χ1n) is 4.52. The molecule has 0 atom stereocenters. The van der Waals surface area contributed by atoms with E-state index in [4.69, 9.17) is 14.6 Å². The third kappa shape index (κ3) is 3.80. The van der Waals surface area contributed by atoms with Gasteiger partial charge in [-0.25, -0.2) is 4.79 Å². The Morgan fingerprint density at radius 1 is 1.53 bits per heavy atom. The predicted molar refractivity (Wildman–Crippen MR) is 53.1 cm³/mol. The van der Waals surface area contributed by atoms with Gasteiger partial charge in [0.25, 0.3) is 5.19 Å². The van der Waals surface area contributed by atoms with E-state index in [1.807, 2.05) is 0 Å². The number of nitrogens with zero attached hydrogens (tertiary/aromatic N) is 2. The molecule has 0 spiro atoms. The molecule has 1 heterocycles. The average molecular weight is 232 g/mol. The normalized spacial score (nSPS) is 10.0. The number of esters is 1. The number of carbonyl (C=O) groups excluding carboxylic acids is 1. The van der Waals surface area contributed by atoms with Gasteiger partial charge in [-0.1, -0.05) is 5.10 Å². The molecule has 1 rings (SSSR count). The summed E-state index contributed by atoms with van der Waals surface area (Å²) < 4.78 is 9.87. The summed E-state index contributed by atoms with van der Waals surface area (Å²) in [4.78, 5) is 11.2. The molecule has 1 aromatic heterocycles. The number of carbonyl (C=O) groups is 1. The summed E-state index contributed by atoms with van der Waals surface area (Å²) in [5, 5.41) is 16.3. The molecule has 0 amide bonds. The number of rotatable bonds is 6. The molecule has 0 bridgehead atoms. The lowest BCUT2D eigenvalue weighted by Gasteiger charge is -1.97. The molecule has 6 nitrogen and oxygen atoms in total. The van der Waals surface area contributed by atoms with Crippen LogP contribution in [0.4, 0.5) is 0 Å². The highest BCUT2D eigenvalue weighted by molar-refractivity contribution is 7.14. The minimum Gasteiger partial charge on any atom is -0.469 e. The van der Waals surface area contributed by atoms with Crippen molar-refractivity contribution in [2.45, 2.75) is 13.3 Å². The van der Waals surface area contributed by atoms with Crippen molar-refractivity contribution in [1.29, 1.82) is 0 Å². The number of ether oxygens (including phenoxy) is 2. The van der Waals surface area contributed by atoms with Gasteiger partial charge in [-0.2, -0.15) is 0 Å². The lowest BCUT2D eigenvalue weighted by atomic mass is 10.5. The van der Waals surface area contributed by atoms with Crippen LogP contribution in [0.15, 0.2) is 0 Å². The second kappa shape index (κ2) is 6.31. The Labute approximate surface area is 90.9 Å². The maximum Gasteiger partial charge on any atom is 0.369 e. The van der Waals surface area contributed by atoms with Crippen LogP contribution in [0.2, 0.25) is 0 Å². The molecule has 0 unspecified atom stereocenters. The smallest absolute Gasteiger partial charge is 0.369 e. The molecule has 0 saturated carbocycles. The Balaban J connectivity index is 2.45. The standard InChI is InChI=1S/C8H12N2O4S/c1-2-13-7(12)6-9-10-8(15-6)14-5-3-4-11/h11H,2-5H2,1H3. The van der Waals surface area contributed by atoms with E-state index in [9.17, 15) is 4.79 Å². The second-order valence-electron chi connectivity index (χ2n) is 2.52. The minimum absolute atomic E-state index is 0.0591. The van der Waals surface area contributed by atoms with Gasteiger partial charge in [-0.15, -0.1) is 5.10 Å². The summed E-state index contributed by atoms with van der Waals surface area (Å²) in [5.41, 5.74) is 0. The van der Waals surface area contributed by atoms with E-state index in [0.29, 0.717) is 24.8 Å². The van der Waals surface area contributed by atoms with Crippen LogP contribution in [0.3, 0.4) is 0 Å². The molecular weight excluding hydrogens is 220 g/mol. The molecule has 0 radical (unpaired) electrons. The largest absolute Gasteiger partial charge is 0.469 e. The fourth-order valence-corrected chi connectivity index (χ4v) is 1.38. The summed E-state index contributed by atoms with van der Waals surface area (Å²) in [6.45, 7) is 2.44. The van der Waals surface area contributed by atoms with Gasteiger partial charge in [0.15, 0.2) is 0 Å². The maximum absolute atomic E-state index is 11.2. The summed E-state index contributed by atoms with van der Waals surface area (Å²) in [6.07, 6.45) is 0.522. The summed E-state index contributed by atoms with van der Waals surface area (Å²) >= 11 is 1.03. The van der Waals surface area contributed by atoms with Gasteiger partial charge in [-0.3, -0.25) is 0 Å². The highest BCUT2D eigenvalue weighted by atomic mass is 32.1. The molecule has 15 heavy (non-hydrogen) atoms. The summed E-state index contributed by atoms with van der Waals surface area (Å²) in [6, 6.07) is 0. The van der Waals surface area contributed by atoms with E-state index in [1.54, 1.807) is 6.92 Å². The van der Waals surface area contributed by atoms with Gasteiger partial charge in [0.1, 0.15) is 0 Å². The van der Waals surface area contributed by atoms with E-state index in [-0.39, 0.29) is 11.6 Å². The van der Waals surface area contributed by atoms with Crippen molar-refractivity contribution in [1.82, 2.24) is 10.2 Å². The molecule has 0 aromatic carbocycles. The van der Waals surface area contributed by atoms with Gasteiger partial charge in [0, 0.05) is 13.0 Å². The van der Waals surface area contributed by atoms with Crippen LogP contribution in [0.25, 0.3) is 0 Å². The minimum atomic E-state index is -0.494. The van der Waals surface area contributed by atoms with E-state index in [1.165, 1.54) is 0 Å². The number of aromatic nitrogens is 2. The molecule has 0 saturated heterocycles. The zero-order valence-electron chi connectivity index (χ0n) is 8.30. The fourth-order valence-electron chi connectivity index (χ4n) is 0.767. The summed E-state index contributed by atoms with van der Waals surface area (Å²) in [5.74, 6) is -0.494. The lowest BCUT2D eigenvalue weighted by Crippen LogP contribution is -2.03. The van der Waals surface area contributed by atoms with Gasteiger partial charge >= 0.3 is 5.97 Å². The van der Waals surface area contributed by atoms with Crippen molar-refractivity contribution in [3.8, 4) is 5.19 Å². The molecule has 1 N–H and O–H groups in total. The Bertz CT molecular complexity index is 315. The van der Waals surface area contributed by atoms with Crippen molar-refractivity contribution in [2.24, 2.45) is 0 Å². The SMILES string of the molecule is CCOC(=O)c1nnc(OCCCO)s1. The molecule has 84 valence electrons. The van der Waals surface area contributed by atoms with Crippen LogP contribution < -0.4 is 4.74 Å². The van der Waals surface area contributed by atoms with Crippen LogP contribution >= 0.6 is 11.3 Å². The van der Waals surface area contributed by atoms with Crippen molar-refractivity contribution in [2.75, 3.05) is 19.8 Å². The second-order valence-corrected chi connectivity index (χ2v) is 3.46. The van der Waals surface area contributed by atoms with E-state index in [0.717, 1.165) is 11.3 Å². The quantitative estimate of drug-likeness (QED) is 0.567. The molecule has 1 aromatic rings. The number of hydrogen-bond acceptors (Lipinski definition) is 7. The zero-order valence-corrected chi connectivity index (χ0v) is 9.12. The van der Waals surface area contributed by atoms with Crippen molar-refractivity contribution in [3.63, 3.8) is 0 Å². The first-order valence-corrected chi connectivity index (χ1v) is 5.34. The van der Waals surface area contributed by atoms with Crippen LogP contribution in [0, 0.1) is 0 Å². The molecular formula is C8H12N2O4S. The summed E-state index contributed by atoms with van der Waals surface area (Å²) in [7, 11) is 0. The first-order chi connectivity index (χ1) is 7.27. The Kier molecular flexibility index (Phi) is 4.99. The lowest BCUT2D eigenvalue weighted by molar-refractivity contribution is 0.0525. The Morgan fingerprint density at radius 2 is 2.33 bits per heavy atom. The van der Waals surface area contributed by atoms with Crippen molar-refractivity contribution in [3.05, 3.63) is 5.01 Å². The first kappa shape index (κ1) is 11.9. The zero-order chi connectivity index (χ0) is 11.1. The molecule has 0 aliphatic heterocycles. The molecule has 0 fully saturated rings. The Morgan fingerprint density at radius 3 is 3.00 bits per heavy atom. The monoisotopic (exact) mass is 232 g/mol. The number of hydrogen-bond donors (Lipinski definition) is 1. The number of aliphatic hydroxyl groups is 1. The molecule has 0 aliphatic carbocycles. The van der Waals surface area contributed by atoms with E-state index in [2.05, 4.69) is 10.2 Å². The van der Waals surface area contributed by atoms with E-state index < -0.39 is 5.97 Å². The van der Waals surface area contributed by atoms with Crippen LogP contribution in [-0.2, 0) is 4.74 Å². The predicted octanol–water partition coefficient (Wildman–Crippen LogP) is 0.476. The molecule has 7 heteroatoms. The van der Waals surface area contributed by atoms with Gasteiger partial charge in [-0.05, 0) is 18.3 Å². The third-order valence-corrected chi connectivity index (χ3v) is 2.20. The number of aliphatic hydroxyl groups excluding tert-OH is 1. The van der Waals surface area contributed by atoms with Gasteiger partial charge < -0.3 is 14.6 Å². The van der Waals surface area contributed by atoms with Gasteiger partial charge in [0.05, 0.1) is 13.2 Å². The van der Waals surface area contributed by atoms with Crippen molar-refractivity contribution < 1.29 is 19.4 Å². The van der Waals surface area contributed by atoms with Gasteiger partial charge in [0.2, 0.25) is 5.01 Å². The average Bonchev–Trinajstić information content (AvgIpc) is 2.67. The molecule has 0 aliphatic rings. The van der Waals surface area contributed by atoms with Crippen LogP contribution in [-0.4, -0.2) is 41.1 Å². The maximum atomic E-state index is 11.2. The van der Waals surface area contributed by atoms with Crippen LogP contribution in [0.1, 0.15) is 23.1 Å².